The van der Waals surface area contributed by atoms with Gasteiger partial charge in [0, 0.05) is 51.4 Å². The zero-order valence-corrected chi connectivity index (χ0v) is 29.2. The molecular weight excluding hydrogens is 663 g/mol. The van der Waals surface area contributed by atoms with Crippen LogP contribution in [0.1, 0.15) is 66.9 Å². The molecule has 2 amide bonds. The molecular formula is C37H44F3N7O4. The summed E-state index contributed by atoms with van der Waals surface area (Å²) < 4.78 is 54.8. The zero-order chi connectivity index (χ0) is 36.1. The Bertz CT molecular complexity index is 1810. The molecule has 3 unspecified atom stereocenters. The number of nitrogens with one attached hydrogen (secondary N) is 4. The Labute approximate surface area is 295 Å². The van der Waals surface area contributed by atoms with Crippen LogP contribution in [0.3, 0.4) is 0 Å². The number of benzene rings is 2. The van der Waals surface area contributed by atoms with Gasteiger partial charge in [-0.05, 0) is 87.0 Å². The number of carbonyl (C=O) groups excluding carboxylic acids is 2. The summed E-state index contributed by atoms with van der Waals surface area (Å²) in [6.45, 7) is 5.19. The molecule has 2 aromatic carbocycles. The Morgan fingerprint density at radius 2 is 1.82 bits per heavy atom. The van der Waals surface area contributed by atoms with Crippen LogP contribution in [-0.4, -0.2) is 71.6 Å². The SMILES string of the molecule is CNC(=O)c1cccc(C)c1Nc1nc(Nc2ccc(O[C@]34CC5CC(C3)[C@@H](N3CCC(NC(C)=O)C3)C(C5)C4)cc2OC)ncc1C(F)(F)F. The summed E-state index contributed by atoms with van der Waals surface area (Å²) in [7, 11) is 2.97. The number of hydrogen-bond acceptors (Lipinski definition) is 9. The number of halogens is 3. The number of hydrogen-bond donors (Lipinski definition) is 4. The van der Waals surface area contributed by atoms with Gasteiger partial charge in [-0.3, -0.25) is 14.5 Å². The maximum atomic E-state index is 14.1. The van der Waals surface area contributed by atoms with Crippen LogP contribution in [0, 0.1) is 24.7 Å². The second-order valence-corrected chi connectivity index (χ2v) is 14.6. The Balaban J connectivity index is 1.09. The van der Waals surface area contributed by atoms with Gasteiger partial charge in [-0.2, -0.15) is 18.2 Å². The molecule has 4 bridgehead atoms. The fourth-order valence-corrected chi connectivity index (χ4v) is 9.34. The average Bonchev–Trinajstić information content (AvgIpc) is 3.52. The molecule has 4 N–H and O–H groups in total. The van der Waals surface area contributed by atoms with E-state index in [0.717, 1.165) is 38.8 Å². The number of anilines is 4. The quantitative estimate of drug-likeness (QED) is 0.195. The number of carbonyl (C=O) groups is 2. The highest BCUT2D eigenvalue weighted by Crippen LogP contribution is 2.58. The van der Waals surface area contributed by atoms with Crippen molar-refractivity contribution in [2.45, 2.75) is 76.2 Å². The van der Waals surface area contributed by atoms with E-state index >= 15 is 0 Å². The number of likely N-dealkylation sites (tertiary alicyclic amines) is 1. The first kappa shape index (κ1) is 34.8. The number of ether oxygens (including phenoxy) is 2. The first-order chi connectivity index (χ1) is 24.3. The lowest BCUT2D eigenvalue weighted by Gasteiger charge is -2.61. The molecule has 14 heteroatoms. The van der Waals surface area contributed by atoms with Crippen molar-refractivity contribution >= 4 is 35.0 Å². The highest BCUT2D eigenvalue weighted by Gasteiger charge is 2.58. The molecule has 1 aromatic heterocycles. The molecule has 51 heavy (non-hydrogen) atoms. The first-order valence-corrected chi connectivity index (χ1v) is 17.5. The standard InChI is InChI=1S/C37H44F3N7O4/c1-20-6-5-7-27(34(49)41-3)31(20)45-33-28(37(38,39)40)18-42-35(46-33)44-29-9-8-26(14-30(29)50-4)51-36-15-22-12-23(16-36)32(24(13-22)17-36)47-11-10-25(19-47)43-21(2)48/h5-9,14,18,22-25,32H,10-13,15-17,19H2,1-4H3,(H,41,49)(H,43,48)(H2,42,44,45,46)/t22?,23?,24?,25?,32-,36-. The van der Waals surface area contributed by atoms with Crippen molar-refractivity contribution in [1.82, 2.24) is 25.5 Å². The number of methoxy groups -OCH3 is 1. The van der Waals surface area contributed by atoms with Gasteiger partial charge in [0.15, 0.2) is 0 Å². The zero-order valence-electron chi connectivity index (χ0n) is 29.2. The highest BCUT2D eigenvalue weighted by atomic mass is 19.4. The summed E-state index contributed by atoms with van der Waals surface area (Å²) in [5.41, 5.74) is 0.0599. The molecule has 4 saturated carbocycles. The first-order valence-electron chi connectivity index (χ1n) is 17.5. The van der Waals surface area contributed by atoms with Crippen LogP contribution in [0.25, 0.3) is 0 Å². The number of amides is 2. The summed E-state index contributed by atoms with van der Waals surface area (Å²) in [6, 6.07) is 11.0. The minimum atomic E-state index is -4.76. The van der Waals surface area contributed by atoms with Crippen molar-refractivity contribution in [2.24, 2.45) is 17.8 Å². The predicted molar refractivity (Wildman–Crippen MR) is 186 cm³/mol. The van der Waals surface area contributed by atoms with Crippen molar-refractivity contribution in [1.29, 1.82) is 0 Å². The van der Waals surface area contributed by atoms with Gasteiger partial charge in [-0.25, -0.2) is 4.98 Å². The van der Waals surface area contributed by atoms with E-state index in [1.165, 1.54) is 33.1 Å². The molecule has 4 aliphatic carbocycles. The molecule has 3 atom stereocenters. The van der Waals surface area contributed by atoms with Crippen LogP contribution >= 0.6 is 0 Å². The summed E-state index contributed by atoms with van der Waals surface area (Å²) in [6.07, 6.45) is 2.33. The molecule has 0 spiro atoms. The normalized spacial score (nSPS) is 26.8. The van der Waals surface area contributed by atoms with Crippen molar-refractivity contribution in [3.63, 3.8) is 0 Å². The number of aromatic nitrogens is 2. The van der Waals surface area contributed by atoms with Crippen molar-refractivity contribution in [2.75, 3.05) is 37.9 Å². The van der Waals surface area contributed by atoms with Crippen LogP contribution in [0.4, 0.5) is 36.3 Å². The molecule has 1 saturated heterocycles. The lowest BCUT2D eigenvalue weighted by Crippen LogP contribution is -2.63. The molecule has 1 aliphatic heterocycles. The van der Waals surface area contributed by atoms with Crippen molar-refractivity contribution in [3.8, 4) is 11.5 Å². The van der Waals surface area contributed by atoms with Crippen LogP contribution in [0.2, 0.25) is 0 Å². The van der Waals surface area contributed by atoms with E-state index in [0.29, 0.717) is 52.7 Å². The highest BCUT2D eigenvalue weighted by molar-refractivity contribution is 6.00. The van der Waals surface area contributed by atoms with Gasteiger partial charge in [0.2, 0.25) is 11.9 Å². The smallest absolute Gasteiger partial charge is 0.421 e. The minimum absolute atomic E-state index is 0.0281. The van der Waals surface area contributed by atoms with Gasteiger partial charge in [-0.1, -0.05) is 12.1 Å². The molecule has 3 aromatic rings. The second-order valence-electron chi connectivity index (χ2n) is 14.6. The Hall–Kier alpha value is -4.59. The van der Waals surface area contributed by atoms with Gasteiger partial charge in [0.1, 0.15) is 28.5 Å². The summed E-state index contributed by atoms with van der Waals surface area (Å²) in [5, 5.41) is 11.4. The van der Waals surface area contributed by atoms with E-state index in [2.05, 4.69) is 36.1 Å². The molecule has 5 aliphatic rings. The third kappa shape index (κ3) is 7.02. The van der Waals surface area contributed by atoms with Gasteiger partial charge < -0.3 is 30.7 Å². The number of nitrogens with zero attached hydrogens (tertiary/aromatic N) is 3. The molecule has 272 valence electrons. The maximum Gasteiger partial charge on any atom is 0.421 e. The third-order valence-corrected chi connectivity index (χ3v) is 11.1. The molecule has 2 heterocycles. The summed E-state index contributed by atoms with van der Waals surface area (Å²) >= 11 is 0. The van der Waals surface area contributed by atoms with Crippen LogP contribution in [-0.2, 0) is 11.0 Å². The number of rotatable bonds is 10. The van der Waals surface area contributed by atoms with Gasteiger partial charge in [0.25, 0.3) is 5.91 Å². The monoisotopic (exact) mass is 707 g/mol. The van der Waals surface area contributed by atoms with Crippen LogP contribution in [0.15, 0.2) is 42.6 Å². The molecule has 8 rings (SSSR count). The fourth-order valence-electron chi connectivity index (χ4n) is 9.34. The van der Waals surface area contributed by atoms with Gasteiger partial charge in [0.05, 0.1) is 24.0 Å². The Kier molecular flexibility index (Phi) is 9.23. The molecule has 0 radical (unpaired) electrons. The molecule has 5 fully saturated rings. The van der Waals surface area contributed by atoms with E-state index in [1.807, 2.05) is 6.07 Å². The minimum Gasteiger partial charge on any atom is -0.494 e. The van der Waals surface area contributed by atoms with Gasteiger partial charge >= 0.3 is 6.18 Å². The van der Waals surface area contributed by atoms with E-state index in [-0.39, 0.29) is 34.7 Å². The summed E-state index contributed by atoms with van der Waals surface area (Å²) in [5.74, 6) is 1.78. The number of para-hydroxylation sites is 1. The van der Waals surface area contributed by atoms with E-state index in [9.17, 15) is 22.8 Å². The van der Waals surface area contributed by atoms with E-state index < -0.39 is 23.5 Å². The number of aryl methyl sites for hydroxylation is 1. The average molecular weight is 708 g/mol. The number of alkyl halides is 3. The van der Waals surface area contributed by atoms with Crippen LogP contribution in [0.5, 0.6) is 11.5 Å². The predicted octanol–water partition coefficient (Wildman–Crippen LogP) is 6.20. The lowest BCUT2D eigenvalue weighted by atomic mass is 9.52. The van der Waals surface area contributed by atoms with E-state index in [1.54, 1.807) is 38.1 Å². The lowest BCUT2D eigenvalue weighted by molar-refractivity contribution is -0.144. The Morgan fingerprint density at radius 3 is 2.51 bits per heavy atom. The summed E-state index contributed by atoms with van der Waals surface area (Å²) in [4.78, 5) is 35.0. The van der Waals surface area contributed by atoms with E-state index in [4.69, 9.17) is 9.47 Å². The van der Waals surface area contributed by atoms with Crippen molar-refractivity contribution < 1.29 is 32.2 Å². The largest absolute Gasteiger partial charge is 0.494 e. The Morgan fingerprint density at radius 1 is 1.06 bits per heavy atom. The maximum absolute atomic E-state index is 14.1. The third-order valence-electron chi connectivity index (χ3n) is 11.1. The second kappa shape index (κ2) is 13.5. The molecule has 11 nitrogen and oxygen atoms in total. The van der Waals surface area contributed by atoms with Crippen molar-refractivity contribution in [3.05, 3.63) is 59.3 Å². The van der Waals surface area contributed by atoms with Crippen LogP contribution < -0.4 is 30.7 Å². The topological polar surface area (TPSA) is 130 Å². The fraction of sp³-hybridized carbons (Fsp3) is 0.514. The van der Waals surface area contributed by atoms with Gasteiger partial charge in [-0.15, -0.1) is 0 Å².